The number of halogens is 2. The topological polar surface area (TPSA) is 38.7 Å². The molecular weight excluding hydrogens is 249 g/mol. The van der Waals surface area contributed by atoms with Gasteiger partial charge in [-0.2, -0.15) is 4.99 Å². The van der Waals surface area contributed by atoms with Crippen LogP contribution in [-0.2, 0) is 16.1 Å². The van der Waals surface area contributed by atoms with Gasteiger partial charge in [0, 0.05) is 0 Å². The molecule has 1 heterocycles. The highest BCUT2D eigenvalue weighted by Crippen LogP contribution is 2.24. The van der Waals surface area contributed by atoms with Crippen LogP contribution in [0.1, 0.15) is 5.56 Å². The molecule has 0 saturated heterocycles. The summed E-state index contributed by atoms with van der Waals surface area (Å²) < 4.78 is 5.28. The maximum absolute atomic E-state index is 11.3. The molecule has 1 aliphatic heterocycles. The van der Waals surface area contributed by atoms with Crippen molar-refractivity contribution >= 4 is 34.3 Å². The second kappa shape index (κ2) is 4.68. The Morgan fingerprint density at radius 3 is 2.44 bits per heavy atom. The maximum atomic E-state index is 11.3. The summed E-state index contributed by atoms with van der Waals surface area (Å²) in [6.07, 6.45) is 0. The molecule has 0 unspecified atom stereocenters. The van der Waals surface area contributed by atoms with Gasteiger partial charge >= 0.3 is 5.91 Å². The summed E-state index contributed by atoms with van der Waals surface area (Å²) in [6.45, 7) is 0.262. The first-order chi connectivity index (χ1) is 7.68. The van der Waals surface area contributed by atoms with Crippen LogP contribution in [0, 0.1) is 0 Å². The van der Waals surface area contributed by atoms with Gasteiger partial charge in [-0.05, 0) is 5.56 Å². The number of nitrogens with zero attached hydrogens (tertiary/aromatic N) is 1. The number of hydrogen-bond acceptors (Lipinski definition) is 2. The minimum absolute atomic E-state index is 0.00974. The molecule has 0 fully saturated rings. The molecule has 0 N–H and O–H groups in total. The molecule has 1 aliphatic rings. The van der Waals surface area contributed by atoms with Crippen LogP contribution in [0.15, 0.2) is 46.1 Å². The second-order valence-electron chi connectivity index (χ2n) is 3.13. The number of carbonyl (C=O) groups excluding carboxylic acids is 1. The highest BCUT2D eigenvalue weighted by atomic mass is 35.5. The highest BCUT2D eigenvalue weighted by Gasteiger charge is 2.26. The molecule has 1 aromatic rings. The minimum atomic E-state index is -0.536. The summed E-state index contributed by atoms with van der Waals surface area (Å²) in [5, 5.41) is 0.0531. The van der Waals surface area contributed by atoms with E-state index in [1.54, 1.807) is 0 Å². The number of benzene rings is 1. The molecule has 0 aromatic heterocycles. The lowest BCUT2D eigenvalue weighted by molar-refractivity contribution is -0.117. The lowest BCUT2D eigenvalue weighted by Gasteiger charge is -2.05. The van der Waals surface area contributed by atoms with Crippen molar-refractivity contribution < 1.29 is 9.53 Å². The van der Waals surface area contributed by atoms with Crippen LogP contribution in [0.5, 0.6) is 0 Å². The predicted octanol–water partition coefficient (Wildman–Crippen LogP) is 2.83. The summed E-state index contributed by atoms with van der Waals surface area (Å²) in [6, 6.07) is 9.44. The molecule has 0 aliphatic carbocycles. The van der Waals surface area contributed by atoms with Crippen molar-refractivity contribution in [2.45, 2.75) is 6.61 Å². The molecule has 0 radical (unpaired) electrons. The van der Waals surface area contributed by atoms with Crippen LogP contribution >= 0.6 is 23.2 Å². The van der Waals surface area contributed by atoms with E-state index in [2.05, 4.69) is 4.99 Å². The maximum Gasteiger partial charge on any atom is 0.315 e. The Labute approximate surface area is 102 Å². The van der Waals surface area contributed by atoms with Gasteiger partial charge in [0.1, 0.15) is 11.6 Å². The normalized spacial score (nSPS) is 15.4. The standard InChI is InChI=1S/C11H7Cl2NO2/c12-8-9(11(15)14-10(8)13)16-6-7-4-2-1-3-5-7/h1-5H,6H2. The van der Waals surface area contributed by atoms with E-state index in [1.165, 1.54) is 0 Å². The van der Waals surface area contributed by atoms with Gasteiger partial charge in [0.25, 0.3) is 0 Å². The van der Waals surface area contributed by atoms with Gasteiger partial charge in [0.15, 0.2) is 5.17 Å². The Hall–Kier alpha value is -1.32. The van der Waals surface area contributed by atoms with Crippen LogP contribution in [0.3, 0.4) is 0 Å². The first-order valence-corrected chi connectivity index (χ1v) is 5.29. The second-order valence-corrected chi connectivity index (χ2v) is 3.86. The quantitative estimate of drug-likeness (QED) is 0.834. The largest absolute Gasteiger partial charge is 0.482 e. The van der Waals surface area contributed by atoms with Gasteiger partial charge in [-0.25, -0.2) is 0 Å². The zero-order valence-electron chi connectivity index (χ0n) is 8.11. The monoisotopic (exact) mass is 255 g/mol. The van der Waals surface area contributed by atoms with E-state index < -0.39 is 5.91 Å². The zero-order chi connectivity index (χ0) is 11.5. The fraction of sp³-hybridized carbons (Fsp3) is 0.0909. The van der Waals surface area contributed by atoms with Crippen molar-refractivity contribution in [2.24, 2.45) is 4.99 Å². The van der Waals surface area contributed by atoms with Crippen LogP contribution in [-0.4, -0.2) is 11.1 Å². The van der Waals surface area contributed by atoms with Gasteiger partial charge in [-0.15, -0.1) is 0 Å². The summed E-state index contributed by atoms with van der Waals surface area (Å²) in [4.78, 5) is 14.8. The molecule has 16 heavy (non-hydrogen) atoms. The third-order valence-electron chi connectivity index (χ3n) is 2.00. The average molecular weight is 256 g/mol. The first kappa shape index (κ1) is 11.2. The Kier molecular flexibility index (Phi) is 3.27. The molecule has 2 rings (SSSR count). The highest BCUT2D eigenvalue weighted by molar-refractivity contribution is 6.78. The van der Waals surface area contributed by atoms with E-state index in [9.17, 15) is 4.79 Å². The van der Waals surface area contributed by atoms with Crippen LogP contribution in [0.4, 0.5) is 0 Å². The summed E-state index contributed by atoms with van der Waals surface area (Å²) in [7, 11) is 0. The summed E-state index contributed by atoms with van der Waals surface area (Å²) >= 11 is 11.4. The number of ether oxygens (including phenoxy) is 1. The molecule has 82 valence electrons. The Morgan fingerprint density at radius 2 is 1.88 bits per heavy atom. The van der Waals surface area contributed by atoms with E-state index in [0.717, 1.165) is 5.56 Å². The minimum Gasteiger partial charge on any atom is -0.482 e. The SMILES string of the molecule is O=C1N=C(Cl)C(Cl)=C1OCc1ccccc1. The van der Waals surface area contributed by atoms with E-state index in [1.807, 2.05) is 30.3 Å². The van der Waals surface area contributed by atoms with E-state index in [0.29, 0.717) is 0 Å². The number of carbonyl (C=O) groups is 1. The van der Waals surface area contributed by atoms with E-state index in [-0.39, 0.29) is 22.6 Å². The molecule has 5 heteroatoms. The third-order valence-corrected chi connectivity index (χ3v) is 2.72. The van der Waals surface area contributed by atoms with Gasteiger partial charge in [-0.3, -0.25) is 4.79 Å². The van der Waals surface area contributed by atoms with Crippen LogP contribution in [0.2, 0.25) is 0 Å². The molecule has 0 atom stereocenters. The molecule has 0 bridgehead atoms. The number of rotatable bonds is 3. The van der Waals surface area contributed by atoms with Crippen LogP contribution < -0.4 is 0 Å². The molecule has 3 nitrogen and oxygen atoms in total. The van der Waals surface area contributed by atoms with Gasteiger partial charge < -0.3 is 4.74 Å². The average Bonchev–Trinajstić information content (AvgIpc) is 2.53. The fourth-order valence-electron chi connectivity index (χ4n) is 1.23. The molecule has 0 spiro atoms. The van der Waals surface area contributed by atoms with Crippen molar-refractivity contribution in [3.63, 3.8) is 0 Å². The van der Waals surface area contributed by atoms with E-state index >= 15 is 0 Å². The number of hydrogen-bond donors (Lipinski definition) is 0. The van der Waals surface area contributed by atoms with Gasteiger partial charge in [-0.1, -0.05) is 53.5 Å². The molecule has 1 amide bonds. The lowest BCUT2D eigenvalue weighted by Crippen LogP contribution is -2.01. The molecule has 1 aromatic carbocycles. The summed E-state index contributed by atoms with van der Waals surface area (Å²) in [5.74, 6) is -0.526. The predicted molar refractivity (Wildman–Crippen MR) is 62.4 cm³/mol. The Balaban J connectivity index is 2.05. The van der Waals surface area contributed by atoms with Crippen LogP contribution in [0.25, 0.3) is 0 Å². The zero-order valence-corrected chi connectivity index (χ0v) is 9.63. The first-order valence-electron chi connectivity index (χ1n) is 4.54. The Bertz CT molecular complexity index is 480. The third kappa shape index (κ3) is 2.26. The number of amides is 1. The van der Waals surface area contributed by atoms with Crippen molar-refractivity contribution in [1.29, 1.82) is 0 Å². The van der Waals surface area contributed by atoms with Crippen molar-refractivity contribution in [2.75, 3.05) is 0 Å². The fourth-order valence-corrected chi connectivity index (χ4v) is 1.57. The summed E-state index contributed by atoms with van der Waals surface area (Å²) in [5.41, 5.74) is 0.940. The molecular formula is C11H7Cl2NO2. The van der Waals surface area contributed by atoms with Crippen molar-refractivity contribution in [3.05, 3.63) is 46.7 Å². The number of allylic oxidation sites excluding steroid dienone is 1. The van der Waals surface area contributed by atoms with Gasteiger partial charge in [0.05, 0.1) is 0 Å². The van der Waals surface area contributed by atoms with Crippen molar-refractivity contribution in [3.8, 4) is 0 Å². The van der Waals surface area contributed by atoms with Crippen molar-refractivity contribution in [1.82, 2.24) is 0 Å². The van der Waals surface area contributed by atoms with E-state index in [4.69, 9.17) is 27.9 Å². The lowest BCUT2D eigenvalue weighted by atomic mass is 10.2. The smallest absolute Gasteiger partial charge is 0.315 e. The Morgan fingerprint density at radius 1 is 1.19 bits per heavy atom. The molecule has 0 saturated carbocycles. The number of aliphatic imine (C=N–C) groups is 1. The van der Waals surface area contributed by atoms with Gasteiger partial charge in [0.2, 0.25) is 5.76 Å².